The number of para-hydroxylation sites is 1. The number of hydrogen-bond donors (Lipinski definition) is 2. The van der Waals surface area contributed by atoms with Gasteiger partial charge in [0, 0.05) is 60.2 Å². The Morgan fingerprint density at radius 2 is 1.78 bits per heavy atom. The number of anilines is 1. The van der Waals surface area contributed by atoms with E-state index < -0.39 is 81.0 Å². The van der Waals surface area contributed by atoms with Gasteiger partial charge in [0.2, 0.25) is 15.9 Å². The van der Waals surface area contributed by atoms with Crippen molar-refractivity contribution in [1.82, 2.24) is 29.9 Å². The molecule has 8 rings (SSSR count). The van der Waals surface area contributed by atoms with Crippen molar-refractivity contribution in [3.8, 4) is 23.0 Å². The number of rotatable bonds is 9. The highest BCUT2D eigenvalue weighted by Crippen LogP contribution is 2.68. The Bertz CT molecular complexity index is 2620. The summed E-state index contributed by atoms with van der Waals surface area (Å²) in [7, 11) is -2.19. The molecule has 3 aliphatic rings. The molecule has 1 amide bonds. The molecule has 304 valence electrons. The number of aryl methyl sites for hydroxylation is 1. The van der Waals surface area contributed by atoms with Gasteiger partial charge in [-0.3, -0.25) is 18.9 Å². The molecule has 0 unspecified atom stereocenters. The molecular formula is C39H34F7N7O4S. The summed E-state index contributed by atoms with van der Waals surface area (Å²) in [5.41, 5.74) is -1.47. The number of sulfonamides is 1. The zero-order valence-corrected chi connectivity index (χ0v) is 31.6. The fraction of sp³-hybridized carbons (Fsp3) is 0.385. The lowest BCUT2D eigenvalue weighted by Crippen LogP contribution is -2.35. The van der Waals surface area contributed by atoms with E-state index in [0.29, 0.717) is 58.8 Å². The number of fused-ring (bicyclic) bond motifs is 4. The maximum atomic E-state index is 15.4. The molecule has 1 saturated carbocycles. The van der Waals surface area contributed by atoms with Gasteiger partial charge in [-0.25, -0.2) is 22.2 Å². The SMILES string of the molecule is Cn1nc(NS(C)(=O)=O)c2cccc(-c3ccc(C#CC4CCOCC4)nc3[C@H](Cc3cc(F)cc(F)c3)NC(=O)Cn3nc(C(F)(F)F)c4c3C(F)(F)[C@@H]3C[C@H]43)c21. The maximum absolute atomic E-state index is 15.4. The first kappa shape index (κ1) is 39.4. The molecule has 4 heterocycles. The molecule has 0 radical (unpaired) electrons. The highest BCUT2D eigenvalue weighted by molar-refractivity contribution is 7.92. The zero-order chi connectivity index (χ0) is 41.3. The van der Waals surface area contributed by atoms with Crippen LogP contribution in [-0.4, -0.2) is 58.3 Å². The fourth-order valence-corrected chi connectivity index (χ4v) is 8.51. The van der Waals surface area contributed by atoms with Crippen molar-refractivity contribution in [2.75, 3.05) is 24.2 Å². The first-order chi connectivity index (χ1) is 27.4. The number of aromatic nitrogens is 5. The van der Waals surface area contributed by atoms with Gasteiger partial charge in [-0.05, 0) is 73.4 Å². The molecule has 0 bridgehead atoms. The molecule has 0 spiro atoms. The van der Waals surface area contributed by atoms with Crippen LogP contribution < -0.4 is 10.0 Å². The summed E-state index contributed by atoms with van der Waals surface area (Å²) >= 11 is 0. The minimum atomic E-state index is -5.06. The molecule has 11 nitrogen and oxygen atoms in total. The monoisotopic (exact) mass is 829 g/mol. The predicted octanol–water partition coefficient (Wildman–Crippen LogP) is 6.59. The van der Waals surface area contributed by atoms with Crippen molar-refractivity contribution in [2.45, 2.75) is 56.3 Å². The van der Waals surface area contributed by atoms with E-state index in [9.17, 15) is 35.2 Å². The number of nitrogens with one attached hydrogen (secondary N) is 2. The van der Waals surface area contributed by atoms with E-state index in [-0.39, 0.29) is 41.5 Å². The van der Waals surface area contributed by atoms with Gasteiger partial charge in [0.15, 0.2) is 11.5 Å². The quantitative estimate of drug-likeness (QED) is 0.127. The van der Waals surface area contributed by atoms with Crippen LogP contribution in [0.25, 0.3) is 22.0 Å². The normalized spacial score (nSPS) is 19.3. The lowest BCUT2D eigenvalue weighted by Gasteiger charge is -2.23. The van der Waals surface area contributed by atoms with Crippen LogP contribution in [0.5, 0.6) is 0 Å². The molecular weight excluding hydrogens is 796 g/mol. The summed E-state index contributed by atoms with van der Waals surface area (Å²) in [5, 5.41) is 10.9. The van der Waals surface area contributed by atoms with Crippen molar-refractivity contribution in [3.05, 3.63) is 94.1 Å². The molecule has 58 heavy (non-hydrogen) atoms. The number of pyridine rings is 1. The third-order valence-corrected chi connectivity index (χ3v) is 11.1. The summed E-state index contributed by atoms with van der Waals surface area (Å²) in [5.74, 6) is -2.66. The number of hydrogen-bond acceptors (Lipinski definition) is 7. The van der Waals surface area contributed by atoms with Gasteiger partial charge in [0.05, 0.1) is 23.5 Å². The summed E-state index contributed by atoms with van der Waals surface area (Å²) in [6.45, 7) is 0.00645. The van der Waals surface area contributed by atoms with Gasteiger partial charge in [0.1, 0.15) is 29.6 Å². The minimum Gasteiger partial charge on any atom is -0.381 e. The summed E-state index contributed by atoms with van der Waals surface area (Å²) in [6, 6.07) is 9.63. The smallest absolute Gasteiger partial charge is 0.381 e. The van der Waals surface area contributed by atoms with Gasteiger partial charge in [0.25, 0.3) is 5.92 Å². The molecule has 1 saturated heterocycles. The Morgan fingerprint density at radius 3 is 2.47 bits per heavy atom. The molecule has 2 N–H and O–H groups in total. The van der Waals surface area contributed by atoms with Crippen LogP contribution in [0.15, 0.2) is 48.5 Å². The van der Waals surface area contributed by atoms with E-state index in [1.165, 1.54) is 4.68 Å². The van der Waals surface area contributed by atoms with Crippen LogP contribution >= 0.6 is 0 Å². The largest absolute Gasteiger partial charge is 0.435 e. The van der Waals surface area contributed by atoms with Gasteiger partial charge >= 0.3 is 6.18 Å². The molecule has 3 aromatic heterocycles. The Labute approximate surface area is 327 Å². The van der Waals surface area contributed by atoms with E-state index in [1.54, 1.807) is 37.4 Å². The van der Waals surface area contributed by atoms with Crippen LogP contribution in [0.3, 0.4) is 0 Å². The topological polar surface area (TPSA) is 133 Å². The standard InChI is InChI=1S/C39H34F7N7O4S/c1-52-34-26(4-3-5-27(34)37(50-52)51-58(2,55)56)25-9-8-24(7-6-20-10-12-57-13-11-20)47-33(25)30(16-21-14-22(40)17-23(41)15-21)48-31(54)19-53-36-32(35(49-53)39(44,45)46)28-18-29(28)38(36,42)43/h3-5,8-9,14-15,17,20,28-30H,10-13,16,18-19H2,1-2H3,(H,48,54)(H,50,51)/t28-,29+,30-/m0/s1. The Kier molecular flexibility index (Phi) is 9.78. The van der Waals surface area contributed by atoms with E-state index in [0.717, 1.165) is 18.4 Å². The number of benzene rings is 2. The van der Waals surface area contributed by atoms with Crippen LogP contribution in [0, 0.1) is 35.3 Å². The maximum Gasteiger partial charge on any atom is 0.435 e. The molecule has 2 fully saturated rings. The van der Waals surface area contributed by atoms with Crippen LogP contribution in [0.2, 0.25) is 0 Å². The fourth-order valence-electron chi connectivity index (χ4n) is 8.01. The third kappa shape index (κ3) is 7.62. The number of carbonyl (C=O) groups is 1. The average Bonchev–Trinajstić information content (AvgIpc) is 3.69. The number of amides is 1. The van der Waals surface area contributed by atoms with Gasteiger partial charge in [-0.1, -0.05) is 18.1 Å². The lowest BCUT2D eigenvalue weighted by molar-refractivity contribution is -0.142. The third-order valence-electron chi connectivity index (χ3n) is 10.5. The van der Waals surface area contributed by atoms with Gasteiger partial charge in [-0.15, -0.1) is 0 Å². The number of nitrogens with zero attached hydrogens (tertiary/aromatic N) is 5. The predicted molar refractivity (Wildman–Crippen MR) is 196 cm³/mol. The van der Waals surface area contributed by atoms with E-state index >= 15 is 8.78 Å². The summed E-state index contributed by atoms with van der Waals surface area (Å²) < 4.78 is 136. The second-order valence-electron chi connectivity index (χ2n) is 14.8. The van der Waals surface area contributed by atoms with Crippen LogP contribution in [-0.2, 0) is 51.7 Å². The second kappa shape index (κ2) is 14.4. The summed E-state index contributed by atoms with van der Waals surface area (Å²) in [4.78, 5) is 18.8. The van der Waals surface area contributed by atoms with Crippen molar-refractivity contribution >= 4 is 32.7 Å². The molecule has 5 aromatic rings. The Hall–Kier alpha value is -5.48. The molecule has 19 heteroatoms. The average molecular weight is 830 g/mol. The molecule has 1 aliphatic heterocycles. The number of carbonyl (C=O) groups excluding carboxylic acids is 1. The lowest BCUT2D eigenvalue weighted by atomic mass is 9.93. The van der Waals surface area contributed by atoms with E-state index in [1.807, 2.05) is 0 Å². The Morgan fingerprint density at radius 1 is 1.05 bits per heavy atom. The number of alkyl halides is 5. The first-order valence-corrected chi connectivity index (χ1v) is 20.1. The van der Waals surface area contributed by atoms with Gasteiger partial charge < -0.3 is 10.1 Å². The zero-order valence-electron chi connectivity index (χ0n) is 30.8. The molecule has 2 aromatic carbocycles. The van der Waals surface area contributed by atoms with Crippen LogP contribution in [0.4, 0.5) is 36.6 Å². The van der Waals surface area contributed by atoms with Crippen molar-refractivity contribution < 1.29 is 48.7 Å². The highest BCUT2D eigenvalue weighted by atomic mass is 32.2. The molecule has 2 aliphatic carbocycles. The minimum absolute atomic E-state index is 0.00467. The second-order valence-corrected chi connectivity index (χ2v) is 16.5. The van der Waals surface area contributed by atoms with Crippen molar-refractivity contribution in [2.24, 2.45) is 18.9 Å². The number of halogens is 7. The summed E-state index contributed by atoms with van der Waals surface area (Å²) in [6.07, 6.45) is -3.19. The van der Waals surface area contributed by atoms with Crippen molar-refractivity contribution in [3.63, 3.8) is 0 Å². The van der Waals surface area contributed by atoms with Crippen molar-refractivity contribution in [1.29, 1.82) is 0 Å². The van der Waals surface area contributed by atoms with E-state index in [2.05, 4.69) is 32.1 Å². The Balaban J connectivity index is 1.25. The first-order valence-electron chi connectivity index (χ1n) is 18.2. The van der Waals surface area contributed by atoms with Crippen LogP contribution in [0.1, 0.15) is 65.1 Å². The molecule has 3 atom stereocenters. The highest BCUT2D eigenvalue weighted by Gasteiger charge is 2.68. The number of ether oxygens (including phenoxy) is 1. The van der Waals surface area contributed by atoms with Gasteiger partial charge in [-0.2, -0.15) is 32.1 Å². The van der Waals surface area contributed by atoms with E-state index in [4.69, 9.17) is 9.72 Å².